The molecule has 1 heterocycles. The molecule has 0 unspecified atom stereocenters. The zero-order valence-electron chi connectivity index (χ0n) is 11.6. The smallest absolute Gasteiger partial charge is 0.113 e. The Morgan fingerprint density at radius 2 is 1.70 bits per heavy atom. The lowest BCUT2D eigenvalue weighted by Crippen LogP contribution is -2.08. The zero-order chi connectivity index (χ0) is 14.1. The van der Waals surface area contributed by atoms with Crippen LogP contribution in [0.1, 0.15) is 16.5 Å². The molecule has 0 amide bonds. The minimum atomic E-state index is -0.552. The van der Waals surface area contributed by atoms with Gasteiger partial charge in [0.1, 0.15) is 6.10 Å². The van der Waals surface area contributed by atoms with Crippen molar-refractivity contribution in [1.29, 1.82) is 0 Å². The van der Waals surface area contributed by atoms with E-state index < -0.39 is 6.10 Å². The maximum atomic E-state index is 10.5. The highest BCUT2D eigenvalue weighted by Crippen LogP contribution is 2.33. The molecule has 102 valence electrons. The highest BCUT2D eigenvalue weighted by atomic mass is 32.1. The van der Waals surface area contributed by atoms with E-state index in [0.29, 0.717) is 0 Å². The summed E-state index contributed by atoms with van der Waals surface area (Å²) in [5, 5.41) is 11.7. The summed E-state index contributed by atoms with van der Waals surface area (Å²) in [4.78, 5) is 3.04. The molecule has 0 bridgehead atoms. The molecule has 1 N–H and O–H groups in total. The molecule has 1 atom stereocenters. The van der Waals surface area contributed by atoms with E-state index in [4.69, 9.17) is 0 Å². The van der Waals surface area contributed by atoms with Crippen molar-refractivity contribution in [2.75, 3.05) is 19.0 Å². The Labute approximate surface area is 122 Å². The molecule has 20 heavy (non-hydrogen) atoms. The number of aliphatic hydroxyl groups is 1. The van der Waals surface area contributed by atoms with Gasteiger partial charge >= 0.3 is 0 Å². The molecular formula is C17H17NOS. The highest BCUT2D eigenvalue weighted by molar-refractivity contribution is 7.19. The van der Waals surface area contributed by atoms with Crippen molar-refractivity contribution in [1.82, 2.24) is 0 Å². The lowest BCUT2D eigenvalue weighted by atomic mass is 10.1. The monoisotopic (exact) mass is 283 g/mol. The van der Waals surface area contributed by atoms with Crippen molar-refractivity contribution >= 4 is 27.1 Å². The van der Waals surface area contributed by atoms with Crippen LogP contribution in [-0.4, -0.2) is 19.2 Å². The lowest BCUT2D eigenvalue weighted by Gasteiger charge is -2.14. The van der Waals surface area contributed by atoms with Gasteiger partial charge in [-0.3, -0.25) is 0 Å². The average Bonchev–Trinajstić information content (AvgIpc) is 2.90. The minimum absolute atomic E-state index is 0.552. The molecule has 0 spiro atoms. The van der Waals surface area contributed by atoms with Crippen molar-refractivity contribution < 1.29 is 5.11 Å². The van der Waals surface area contributed by atoms with Gasteiger partial charge in [-0.25, -0.2) is 0 Å². The second kappa shape index (κ2) is 5.27. The predicted octanol–water partition coefficient (Wildman–Crippen LogP) is 4.05. The van der Waals surface area contributed by atoms with E-state index in [9.17, 15) is 5.11 Å². The van der Waals surface area contributed by atoms with E-state index >= 15 is 0 Å². The van der Waals surface area contributed by atoms with Crippen LogP contribution in [0.15, 0.2) is 54.6 Å². The molecule has 0 saturated heterocycles. The normalized spacial score (nSPS) is 12.6. The summed E-state index contributed by atoms with van der Waals surface area (Å²) in [6.45, 7) is 0. The van der Waals surface area contributed by atoms with Gasteiger partial charge in [0.25, 0.3) is 0 Å². The van der Waals surface area contributed by atoms with Gasteiger partial charge in [-0.05, 0) is 35.2 Å². The fraction of sp³-hybridized carbons (Fsp3) is 0.176. The summed E-state index contributed by atoms with van der Waals surface area (Å²) in [5.41, 5.74) is 2.07. The molecule has 0 aliphatic rings. The molecule has 2 nitrogen and oxygen atoms in total. The number of thiophene rings is 1. The van der Waals surface area contributed by atoms with Crippen LogP contribution < -0.4 is 4.90 Å². The summed E-state index contributed by atoms with van der Waals surface area (Å²) in [5.74, 6) is 0. The van der Waals surface area contributed by atoms with Crippen molar-refractivity contribution in [2.24, 2.45) is 0 Å². The maximum Gasteiger partial charge on any atom is 0.113 e. The number of hydrogen-bond acceptors (Lipinski definition) is 3. The summed E-state index contributed by atoms with van der Waals surface area (Å²) < 4.78 is 1.21. The first-order valence-corrected chi connectivity index (χ1v) is 7.40. The van der Waals surface area contributed by atoms with Gasteiger partial charge in [0.2, 0.25) is 0 Å². The Kier molecular flexibility index (Phi) is 3.47. The van der Waals surface area contributed by atoms with Crippen molar-refractivity contribution in [3.8, 4) is 0 Å². The molecule has 2 aromatic carbocycles. The van der Waals surface area contributed by atoms with E-state index in [-0.39, 0.29) is 0 Å². The number of fused-ring (bicyclic) bond motifs is 1. The molecule has 3 rings (SSSR count). The maximum absolute atomic E-state index is 10.5. The SMILES string of the molecule is CN(C)c1ccc([C@@H](O)c2cc3ccccc3s2)cc1. The van der Waals surface area contributed by atoms with Gasteiger partial charge in [-0.15, -0.1) is 11.3 Å². The van der Waals surface area contributed by atoms with Gasteiger partial charge in [0.15, 0.2) is 0 Å². The van der Waals surface area contributed by atoms with E-state index in [1.165, 1.54) is 10.1 Å². The summed E-state index contributed by atoms with van der Waals surface area (Å²) >= 11 is 1.65. The fourth-order valence-electron chi connectivity index (χ4n) is 2.26. The molecule has 0 saturated carbocycles. The van der Waals surface area contributed by atoms with Crippen LogP contribution in [0.25, 0.3) is 10.1 Å². The van der Waals surface area contributed by atoms with E-state index in [1.54, 1.807) is 11.3 Å². The third-order valence-corrected chi connectivity index (χ3v) is 4.61. The Morgan fingerprint density at radius 3 is 2.35 bits per heavy atom. The molecule has 0 radical (unpaired) electrons. The van der Waals surface area contributed by atoms with E-state index in [0.717, 1.165) is 16.1 Å². The second-order valence-corrected chi connectivity index (χ2v) is 6.19. The largest absolute Gasteiger partial charge is 0.383 e. The van der Waals surface area contributed by atoms with Crippen molar-refractivity contribution in [3.63, 3.8) is 0 Å². The molecule has 1 aromatic heterocycles. The third-order valence-electron chi connectivity index (χ3n) is 3.44. The molecular weight excluding hydrogens is 266 g/mol. The average molecular weight is 283 g/mol. The number of benzene rings is 2. The Bertz CT molecular complexity index is 682. The fourth-order valence-corrected chi connectivity index (χ4v) is 3.34. The number of nitrogens with zero attached hydrogens (tertiary/aromatic N) is 1. The van der Waals surface area contributed by atoms with Crippen LogP contribution in [-0.2, 0) is 0 Å². The van der Waals surface area contributed by atoms with Gasteiger partial charge in [0, 0.05) is 29.4 Å². The number of aliphatic hydroxyl groups excluding tert-OH is 1. The number of anilines is 1. The Hall–Kier alpha value is -1.84. The van der Waals surface area contributed by atoms with Crippen molar-refractivity contribution in [2.45, 2.75) is 6.10 Å². The van der Waals surface area contributed by atoms with Crippen LogP contribution >= 0.6 is 11.3 Å². The van der Waals surface area contributed by atoms with Crippen LogP contribution in [0.5, 0.6) is 0 Å². The summed E-state index contributed by atoms with van der Waals surface area (Å²) in [7, 11) is 4.02. The summed E-state index contributed by atoms with van der Waals surface area (Å²) in [6.07, 6.45) is -0.552. The van der Waals surface area contributed by atoms with Gasteiger partial charge in [-0.1, -0.05) is 30.3 Å². The highest BCUT2D eigenvalue weighted by Gasteiger charge is 2.13. The van der Waals surface area contributed by atoms with Gasteiger partial charge < -0.3 is 10.0 Å². The Morgan fingerprint density at radius 1 is 1.00 bits per heavy atom. The van der Waals surface area contributed by atoms with Crippen LogP contribution in [0.4, 0.5) is 5.69 Å². The molecule has 3 heteroatoms. The van der Waals surface area contributed by atoms with Crippen LogP contribution in [0, 0.1) is 0 Å². The number of hydrogen-bond donors (Lipinski definition) is 1. The van der Waals surface area contributed by atoms with Crippen LogP contribution in [0.2, 0.25) is 0 Å². The molecule has 0 fully saturated rings. The Balaban J connectivity index is 1.93. The molecule has 0 aliphatic heterocycles. The molecule has 0 aliphatic carbocycles. The van der Waals surface area contributed by atoms with E-state index in [1.807, 2.05) is 50.5 Å². The zero-order valence-corrected chi connectivity index (χ0v) is 12.4. The number of rotatable bonds is 3. The van der Waals surface area contributed by atoms with Gasteiger partial charge in [0.05, 0.1) is 0 Å². The van der Waals surface area contributed by atoms with Gasteiger partial charge in [-0.2, -0.15) is 0 Å². The van der Waals surface area contributed by atoms with Crippen molar-refractivity contribution in [3.05, 3.63) is 65.0 Å². The molecule has 3 aromatic rings. The first kappa shape index (κ1) is 13.2. The topological polar surface area (TPSA) is 23.5 Å². The second-order valence-electron chi connectivity index (χ2n) is 5.08. The quantitative estimate of drug-likeness (QED) is 0.784. The third kappa shape index (κ3) is 2.42. The lowest BCUT2D eigenvalue weighted by molar-refractivity contribution is 0.224. The van der Waals surface area contributed by atoms with E-state index in [2.05, 4.69) is 23.1 Å². The standard InChI is InChI=1S/C17H17NOS/c1-18(2)14-9-7-12(8-10-14)17(19)16-11-13-5-3-4-6-15(13)20-16/h3-11,17,19H,1-2H3/t17-/m1/s1. The minimum Gasteiger partial charge on any atom is -0.383 e. The summed E-state index contributed by atoms with van der Waals surface area (Å²) in [6, 6.07) is 18.3. The first-order chi connectivity index (χ1) is 9.65. The first-order valence-electron chi connectivity index (χ1n) is 6.59. The van der Waals surface area contributed by atoms with Crippen LogP contribution in [0.3, 0.4) is 0 Å². The predicted molar refractivity (Wildman–Crippen MR) is 86.7 cm³/mol.